The lowest BCUT2D eigenvalue weighted by Gasteiger charge is -2.15. The van der Waals surface area contributed by atoms with Gasteiger partial charge < -0.3 is 24.2 Å². The van der Waals surface area contributed by atoms with Crippen molar-refractivity contribution < 1.29 is 14.2 Å². The Morgan fingerprint density at radius 3 is 3.14 bits per heavy atom. The predicted octanol–water partition coefficient (Wildman–Crippen LogP) is 3.09. The second kappa shape index (κ2) is 6.16. The van der Waals surface area contributed by atoms with Gasteiger partial charge in [0.05, 0.1) is 28.9 Å². The third-order valence-corrected chi connectivity index (χ3v) is 5.55. The van der Waals surface area contributed by atoms with Gasteiger partial charge in [-0.2, -0.15) is 4.98 Å². The summed E-state index contributed by atoms with van der Waals surface area (Å²) < 4.78 is 17.4. The summed E-state index contributed by atoms with van der Waals surface area (Å²) in [4.78, 5) is 19.7. The average Bonchev–Trinajstić information content (AvgIpc) is 3.45. The van der Waals surface area contributed by atoms with Crippen LogP contribution in [0, 0.1) is 0 Å². The molecule has 3 atom stereocenters. The molecule has 0 bridgehead atoms. The van der Waals surface area contributed by atoms with Gasteiger partial charge in [-0.25, -0.2) is 9.97 Å². The molecule has 0 amide bonds. The van der Waals surface area contributed by atoms with Crippen molar-refractivity contribution in [3.05, 3.63) is 35.6 Å². The van der Waals surface area contributed by atoms with E-state index in [2.05, 4.69) is 24.9 Å². The van der Waals surface area contributed by atoms with Crippen molar-refractivity contribution in [2.75, 3.05) is 13.2 Å². The Hall–Kier alpha value is -2.68. The minimum atomic E-state index is -0.178. The number of aromatic nitrogens is 5. The molecule has 0 saturated carbocycles. The van der Waals surface area contributed by atoms with Gasteiger partial charge in [0, 0.05) is 30.0 Å². The first kappa shape index (κ1) is 16.3. The van der Waals surface area contributed by atoms with E-state index in [1.165, 1.54) is 0 Å². The minimum Gasteiger partial charge on any atom is -0.456 e. The van der Waals surface area contributed by atoms with Crippen LogP contribution in [0.1, 0.15) is 6.42 Å². The summed E-state index contributed by atoms with van der Waals surface area (Å²) >= 11 is 6.49. The van der Waals surface area contributed by atoms with Gasteiger partial charge in [-0.3, -0.25) is 0 Å². The van der Waals surface area contributed by atoms with Crippen molar-refractivity contribution in [3.8, 4) is 17.3 Å². The van der Waals surface area contributed by atoms with Gasteiger partial charge in [-0.15, -0.1) is 0 Å². The highest BCUT2D eigenvalue weighted by atomic mass is 35.5. The zero-order valence-corrected chi connectivity index (χ0v) is 15.4. The number of halogens is 1. The van der Waals surface area contributed by atoms with Crippen molar-refractivity contribution in [1.29, 1.82) is 0 Å². The highest BCUT2D eigenvalue weighted by Crippen LogP contribution is 2.32. The molecule has 9 heteroatoms. The molecule has 6 rings (SSSR count). The number of aromatic amines is 2. The maximum atomic E-state index is 6.49. The zero-order chi connectivity index (χ0) is 18.7. The van der Waals surface area contributed by atoms with Gasteiger partial charge >= 0.3 is 0 Å². The third kappa shape index (κ3) is 2.56. The van der Waals surface area contributed by atoms with Crippen molar-refractivity contribution >= 4 is 33.8 Å². The van der Waals surface area contributed by atoms with Gasteiger partial charge in [-0.05, 0) is 24.6 Å². The molecule has 2 aliphatic heterocycles. The number of ether oxygens (including phenoxy) is 3. The normalized spacial score (nSPS) is 24.2. The first-order valence-corrected chi connectivity index (χ1v) is 9.52. The Bertz CT molecular complexity index is 1190. The maximum Gasteiger partial charge on any atom is 0.296 e. The van der Waals surface area contributed by atoms with Crippen molar-refractivity contribution in [2.24, 2.45) is 0 Å². The second-order valence-corrected chi connectivity index (χ2v) is 7.43. The SMILES string of the molecule is Clc1cc2[nH]c(O[C@@H]3CO[C@@H]4CCO[C@@H]43)nc2nc1-c1cnc2[nH]ccc2c1. The van der Waals surface area contributed by atoms with Crippen LogP contribution in [-0.2, 0) is 9.47 Å². The number of nitrogens with one attached hydrogen (secondary N) is 2. The largest absolute Gasteiger partial charge is 0.456 e. The Morgan fingerprint density at radius 2 is 2.18 bits per heavy atom. The minimum absolute atomic E-state index is 0.0422. The lowest BCUT2D eigenvalue weighted by atomic mass is 10.1. The summed E-state index contributed by atoms with van der Waals surface area (Å²) in [7, 11) is 0. The summed E-state index contributed by atoms with van der Waals surface area (Å²) in [6.45, 7) is 1.20. The molecule has 2 fully saturated rings. The van der Waals surface area contributed by atoms with E-state index in [1.54, 1.807) is 12.3 Å². The molecule has 6 heterocycles. The molecule has 2 N–H and O–H groups in total. The number of H-pyrrole nitrogens is 2. The highest BCUT2D eigenvalue weighted by Gasteiger charge is 2.43. The Balaban J connectivity index is 1.34. The first-order chi connectivity index (χ1) is 13.7. The average molecular weight is 398 g/mol. The molecule has 142 valence electrons. The van der Waals surface area contributed by atoms with E-state index < -0.39 is 0 Å². The number of nitrogens with zero attached hydrogens (tertiary/aromatic N) is 3. The number of imidazole rings is 1. The van der Waals surface area contributed by atoms with E-state index in [0.29, 0.717) is 41.1 Å². The van der Waals surface area contributed by atoms with E-state index in [0.717, 1.165) is 23.0 Å². The number of hydrogen-bond donors (Lipinski definition) is 2. The van der Waals surface area contributed by atoms with E-state index in [9.17, 15) is 0 Å². The fraction of sp³-hybridized carbons (Fsp3) is 0.316. The van der Waals surface area contributed by atoms with Crippen LogP contribution >= 0.6 is 11.6 Å². The van der Waals surface area contributed by atoms with Crippen LogP contribution in [0.3, 0.4) is 0 Å². The van der Waals surface area contributed by atoms with Gasteiger partial charge in [0.2, 0.25) is 0 Å². The molecule has 0 unspecified atom stereocenters. The van der Waals surface area contributed by atoms with Gasteiger partial charge in [0.25, 0.3) is 6.01 Å². The number of fused-ring (bicyclic) bond motifs is 3. The quantitative estimate of drug-likeness (QED) is 0.551. The monoisotopic (exact) mass is 397 g/mol. The molecular weight excluding hydrogens is 382 g/mol. The molecular formula is C19H16ClN5O3. The number of hydrogen-bond acceptors (Lipinski definition) is 6. The summed E-state index contributed by atoms with van der Waals surface area (Å²) in [6.07, 6.45) is 4.40. The van der Waals surface area contributed by atoms with Crippen molar-refractivity contribution in [1.82, 2.24) is 24.9 Å². The topological polar surface area (TPSA) is 97.9 Å². The standard InChI is InChI=1S/C19H16ClN5O3/c20-11-6-12-18(24-15(11)10-5-9-1-3-21-17(9)22-7-10)25-19(23-12)28-14-8-27-13-2-4-26-16(13)14/h1,3,5-7,13-14,16H,2,4,8H2,(H,21,22)(H,23,24,25)/t13-,14-,16+/m1/s1. The van der Waals surface area contributed by atoms with Crippen LogP contribution in [0.2, 0.25) is 5.02 Å². The van der Waals surface area contributed by atoms with Crippen LogP contribution in [0.25, 0.3) is 33.5 Å². The van der Waals surface area contributed by atoms with Crippen LogP contribution in [-0.4, -0.2) is 56.4 Å². The van der Waals surface area contributed by atoms with Crippen molar-refractivity contribution in [3.63, 3.8) is 0 Å². The molecule has 2 aliphatic rings. The third-order valence-electron chi connectivity index (χ3n) is 5.26. The zero-order valence-electron chi connectivity index (χ0n) is 14.7. The maximum absolute atomic E-state index is 6.49. The molecule has 4 aromatic heterocycles. The van der Waals surface area contributed by atoms with Crippen molar-refractivity contribution in [2.45, 2.75) is 24.7 Å². The first-order valence-electron chi connectivity index (χ1n) is 9.14. The Labute approximate surface area is 164 Å². The molecule has 0 aromatic carbocycles. The van der Waals surface area contributed by atoms with Gasteiger partial charge in [0.15, 0.2) is 11.8 Å². The summed E-state index contributed by atoms with van der Waals surface area (Å²) in [5.41, 5.74) is 3.53. The van der Waals surface area contributed by atoms with E-state index in [1.807, 2.05) is 18.3 Å². The van der Waals surface area contributed by atoms with E-state index in [-0.39, 0.29) is 18.3 Å². The van der Waals surface area contributed by atoms with Crippen LogP contribution in [0.4, 0.5) is 0 Å². The summed E-state index contributed by atoms with van der Waals surface area (Å²) in [5, 5.41) is 1.51. The molecule has 8 nitrogen and oxygen atoms in total. The molecule has 2 saturated heterocycles. The fourth-order valence-corrected chi connectivity index (χ4v) is 4.16. The molecule has 0 aliphatic carbocycles. The number of rotatable bonds is 3. The summed E-state index contributed by atoms with van der Waals surface area (Å²) in [5.74, 6) is 0. The van der Waals surface area contributed by atoms with Crippen LogP contribution < -0.4 is 4.74 Å². The molecule has 0 radical (unpaired) electrons. The lowest BCUT2D eigenvalue weighted by molar-refractivity contribution is 0.0273. The lowest BCUT2D eigenvalue weighted by Crippen LogP contribution is -2.32. The van der Waals surface area contributed by atoms with Crippen LogP contribution in [0.5, 0.6) is 6.01 Å². The predicted molar refractivity (Wildman–Crippen MR) is 102 cm³/mol. The Kier molecular flexibility index (Phi) is 3.59. The molecule has 4 aromatic rings. The highest BCUT2D eigenvalue weighted by molar-refractivity contribution is 6.33. The molecule has 0 spiro atoms. The van der Waals surface area contributed by atoms with Gasteiger partial charge in [-0.1, -0.05) is 11.6 Å². The van der Waals surface area contributed by atoms with Gasteiger partial charge in [0.1, 0.15) is 11.8 Å². The van der Waals surface area contributed by atoms with E-state index in [4.69, 9.17) is 25.8 Å². The molecule has 28 heavy (non-hydrogen) atoms. The fourth-order valence-electron chi connectivity index (χ4n) is 3.90. The smallest absolute Gasteiger partial charge is 0.296 e. The second-order valence-electron chi connectivity index (χ2n) is 7.02. The van der Waals surface area contributed by atoms with Crippen LogP contribution in [0.15, 0.2) is 30.6 Å². The summed E-state index contributed by atoms with van der Waals surface area (Å²) in [6, 6.07) is 6.15. The Morgan fingerprint density at radius 1 is 1.21 bits per heavy atom. The van der Waals surface area contributed by atoms with E-state index >= 15 is 0 Å². The number of pyridine rings is 2.